The molecule has 0 bridgehead atoms. The van der Waals surface area contributed by atoms with Crippen LogP contribution in [0.4, 0.5) is 5.69 Å². The van der Waals surface area contributed by atoms with E-state index < -0.39 is 11.8 Å². The topological polar surface area (TPSA) is 73.9 Å². The van der Waals surface area contributed by atoms with Crippen LogP contribution in [-0.2, 0) is 9.59 Å². The van der Waals surface area contributed by atoms with Crippen molar-refractivity contribution in [3.8, 4) is 5.75 Å². The first-order chi connectivity index (χ1) is 10.5. The molecule has 1 aliphatic heterocycles. The molecular formula is C14H19ClN4O3. The van der Waals surface area contributed by atoms with Crippen LogP contribution in [0.5, 0.6) is 5.75 Å². The highest BCUT2D eigenvalue weighted by molar-refractivity contribution is 6.39. The minimum atomic E-state index is -0.736. The fraction of sp³-hybridized carbons (Fsp3) is 0.429. The van der Waals surface area contributed by atoms with Crippen LogP contribution in [0.1, 0.15) is 0 Å². The van der Waals surface area contributed by atoms with E-state index in [4.69, 9.17) is 16.3 Å². The lowest BCUT2D eigenvalue weighted by Gasteiger charge is -2.32. The number of benzene rings is 1. The second kappa shape index (κ2) is 7.44. The summed E-state index contributed by atoms with van der Waals surface area (Å²) in [5, 5.41) is 4.60. The van der Waals surface area contributed by atoms with Crippen LogP contribution in [0.15, 0.2) is 18.2 Å². The number of ether oxygens (including phenoxy) is 1. The number of carbonyl (C=O) groups is 2. The summed E-state index contributed by atoms with van der Waals surface area (Å²) in [5.74, 6) is -0.932. The Morgan fingerprint density at radius 2 is 1.86 bits per heavy atom. The summed E-state index contributed by atoms with van der Waals surface area (Å²) in [5.41, 5.74) is 3.03. The Morgan fingerprint density at radius 1 is 1.18 bits per heavy atom. The average molecular weight is 327 g/mol. The second-order valence-corrected chi connectivity index (χ2v) is 5.44. The van der Waals surface area contributed by atoms with Gasteiger partial charge in [-0.2, -0.15) is 0 Å². The molecule has 0 atom stereocenters. The van der Waals surface area contributed by atoms with Crippen LogP contribution in [0, 0.1) is 0 Å². The van der Waals surface area contributed by atoms with Crippen LogP contribution in [-0.4, -0.2) is 62.1 Å². The number of hydrogen-bond donors (Lipinski definition) is 2. The first-order valence-electron chi connectivity index (χ1n) is 6.88. The van der Waals surface area contributed by atoms with Gasteiger partial charge in [0.05, 0.1) is 12.1 Å². The third kappa shape index (κ3) is 4.33. The summed E-state index contributed by atoms with van der Waals surface area (Å²) in [6.45, 7) is 3.06. The maximum atomic E-state index is 11.9. The molecule has 1 aromatic rings. The van der Waals surface area contributed by atoms with Gasteiger partial charge in [0.25, 0.3) is 0 Å². The van der Waals surface area contributed by atoms with E-state index in [-0.39, 0.29) is 0 Å². The largest absolute Gasteiger partial charge is 0.495 e. The molecule has 22 heavy (non-hydrogen) atoms. The monoisotopic (exact) mass is 326 g/mol. The predicted octanol–water partition coefficient (Wildman–Crippen LogP) is 0.566. The maximum Gasteiger partial charge on any atom is 0.323 e. The third-order valence-electron chi connectivity index (χ3n) is 3.38. The molecule has 1 fully saturated rings. The number of likely N-dealkylation sites (N-methyl/N-ethyl adjacent to an activating group) is 1. The van der Waals surface area contributed by atoms with Gasteiger partial charge >= 0.3 is 11.8 Å². The first-order valence-corrected chi connectivity index (χ1v) is 7.26. The van der Waals surface area contributed by atoms with Crippen molar-refractivity contribution in [1.29, 1.82) is 0 Å². The zero-order valence-electron chi connectivity index (χ0n) is 12.6. The molecule has 0 aromatic heterocycles. The zero-order valence-corrected chi connectivity index (χ0v) is 13.3. The van der Waals surface area contributed by atoms with Gasteiger partial charge in [0, 0.05) is 31.9 Å². The summed E-state index contributed by atoms with van der Waals surface area (Å²) >= 11 is 5.97. The number of piperazine rings is 1. The molecule has 1 aromatic carbocycles. The van der Waals surface area contributed by atoms with E-state index in [1.54, 1.807) is 17.1 Å². The molecule has 0 unspecified atom stereocenters. The Hall–Kier alpha value is -1.83. The number of amides is 2. The molecule has 7 nitrogen and oxygen atoms in total. The number of methoxy groups -OCH3 is 1. The lowest BCUT2D eigenvalue weighted by Crippen LogP contribution is -2.54. The van der Waals surface area contributed by atoms with Crippen molar-refractivity contribution < 1.29 is 14.3 Å². The Bertz CT molecular complexity index is 559. The van der Waals surface area contributed by atoms with Crippen molar-refractivity contribution in [2.45, 2.75) is 0 Å². The maximum absolute atomic E-state index is 11.9. The van der Waals surface area contributed by atoms with Gasteiger partial charge < -0.3 is 15.0 Å². The Labute approximate surface area is 134 Å². The molecule has 0 aliphatic carbocycles. The quantitative estimate of drug-likeness (QED) is 0.794. The summed E-state index contributed by atoms with van der Waals surface area (Å²) in [6, 6.07) is 4.77. The van der Waals surface area contributed by atoms with Crippen molar-refractivity contribution in [2.75, 3.05) is 45.7 Å². The molecule has 0 saturated carbocycles. The average Bonchev–Trinajstić information content (AvgIpc) is 2.49. The van der Waals surface area contributed by atoms with Crippen molar-refractivity contribution in [3.63, 3.8) is 0 Å². The molecule has 2 rings (SSSR count). The Balaban J connectivity index is 1.88. The number of rotatable bonds is 3. The van der Waals surface area contributed by atoms with E-state index in [0.29, 0.717) is 29.5 Å². The smallest absolute Gasteiger partial charge is 0.323 e. The summed E-state index contributed by atoms with van der Waals surface area (Å²) in [7, 11) is 3.52. The highest BCUT2D eigenvalue weighted by atomic mass is 35.5. The van der Waals surface area contributed by atoms with Crippen molar-refractivity contribution in [2.24, 2.45) is 0 Å². The number of anilines is 1. The first kappa shape index (κ1) is 16.5. The zero-order chi connectivity index (χ0) is 16.1. The van der Waals surface area contributed by atoms with E-state index >= 15 is 0 Å². The fourth-order valence-electron chi connectivity index (χ4n) is 2.04. The second-order valence-electron chi connectivity index (χ2n) is 5.03. The van der Waals surface area contributed by atoms with E-state index in [1.807, 2.05) is 7.05 Å². The highest BCUT2D eigenvalue weighted by Gasteiger charge is 2.20. The molecule has 1 saturated heterocycles. The minimum Gasteiger partial charge on any atom is -0.495 e. The number of hydrogen-bond acceptors (Lipinski definition) is 5. The fourth-order valence-corrected chi connectivity index (χ4v) is 2.30. The van der Waals surface area contributed by atoms with Gasteiger partial charge in [0.1, 0.15) is 5.75 Å². The molecule has 120 valence electrons. The standard InChI is InChI=1S/C14H19ClN4O3/c1-18-5-7-19(8-6-18)17-14(21)13(20)16-10-3-4-12(22-2)11(15)9-10/h3-4,9H,5-8H2,1-2H3,(H,16,20)(H,17,21). The van der Waals surface area contributed by atoms with E-state index in [0.717, 1.165) is 13.1 Å². The van der Waals surface area contributed by atoms with Gasteiger partial charge in [-0.3, -0.25) is 15.0 Å². The van der Waals surface area contributed by atoms with Gasteiger partial charge in [-0.05, 0) is 25.2 Å². The third-order valence-corrected chi connectivity index (χ3v) is 3.67. The molecule has 2 amide bonds. The Kier molecular flexibility index (Phi) is 5.59. The molecule has 1 aliphatic rings. The minimum absolute atomic E-state index is 0.361. The van der Waals surface area contributed by atoms with Gasteiger partial charge in [0.15, 0.2) is 0 Å². The summed E-state index contributed by atoms with van der Waals surface area (Å²) < 4.78 is 5.03. The number of nitrogens with zero attached hydrogens (tertiary/aromatic N) is 2. The van der Waals surface area contributed by atoms with Crippen LogP contribution in [0.25, 0.3) is 0 Å². The van der Waals surface area contributed by atoms with Crippen molar-refractivity contribution in [3.05, 3.63) is 23.2 Å². The number of hydrazine groups is 1. The van der Waals surface area contributed by atoms with Gasteiger partial charge in [-0.15, -0.1) is 0 Å². The molecule has 2 N–H and O–H groups in total. The Morgan fingerprint density at radius 3 is 2.45 bits per heavy atom. The van der Waals surface area contributed by atoms with Crippen molar-refractivity contribution >= 4 is 29.1 Å². The van der Waals surface area contributed by atoms with Crippen LogP contribution in [0.3, 0.4) is 0 Å². The number of carbonyl (C=O) groups excluding carboxylic acids is 2. The highest BCUT2D eigenvalue weighted by Crippen LogP contribution is 2.27. The molecular weight excluding hydrogens is 308 g/mol. The molecule has 8 heteroatoms. The van der Waals surface area contributed by atoms with Crippen LogP contribution >= 0.6 is 11.6 Å². The molecule has 0 radical (unpaired) electrons. The predicted molar refractivity (Wildman–Crippen MR) is 83.8 cm³/mol. The van der Waals surface area contributed by atoms with Crippen LogP contribution < -0.4 is 15.5 Å². The van der Waals surface area contributed by atoms with Gasteiger partial charge in [-0.1, -0.05) is 11.6 Å². The lowest BCUT2D eigenvalue weighted by atomic mass is 10.3. The molecule has 0 spiro atoms. The normalized spacial score (nSPS) is 16.1. The number of nitrogens with one attached hydrogen (secondary N) is 2. The van der Waals surface area contributed by atoms with Gasteiger partial charge in [0.2, 0.25) is 0 Å². The lowest BCUT2D eigenvalue weighted by molar-refractivity contribution is -0.139. The van der Waals surface area contributed by atoms with E-state index in [2.05, 4.69) is 15.6 Å². The summed E-state index contributed by atoms with van der Waals surface area (Å²) in [6.07, 6.45) is 0. The SMILES string of the molecule is COc1ccc(NC(=O)C(=O)NN2CCN(C)CC2)cc1Cl. The molecule has 1 heterocycles. The van der Waals surface area contributed by atoms with E-state index in [1.165, 1.54) is 13.2 Å². The van der Waals surface area contributed by atoms with Gasteiger partial charge in [-0.25, -0.2) is 5.01 Å². The van der Waals surface area contributed by atoms with E-state index in [9.17, 15) is 9.59 Å². The van der Waals surface area contributed by atoms with Crippen LogP contribution in [0.2, 0.25) is 5.02 Å². The number of halogens is 1. The summed E-state index contributed by atoms with van der Waals surface area (Å²) in [4.78, 5) is 25.9. The van der Waals surface area contributed by atoms with Crippen molar-refractivity contribution in [1.82, 2.24) is 15.3 Å².